The average molecular weight is 218 g/mol. The molecule has 0 N–H and O–H groups in total. The van der Waals surface area contributed by atoms with Crippen molar-refractivity contribution in [1.29, 1.82) is 0 Å². The Bertz CT molecular complexity index is 342. The van der Waals surface area contributed by atoms with Gasteiger partial charge in [-0.05, 0) is 49.4 Å². The van der Waals surface area contributed by atoms with Gasteiger partial charge in [0.15, 0.2) is 0 Å². The quantitative estimate of drug-likeness (QED) is 0.726. The lowest BCUT2D eigenvalue weighted by molar-refractivity contribution is 0.102. The van der Waals surface area contributed by atoms with Crippen LogP contribution in [0.5, 0.6) is 5.75 Å². The fourth-order valence-corrected chi connectivity index (χ4v) is 2.26. The van der Waals surface area contributed by atoms with E-state index in [0.717, 1.165) is 18.5 Å². The van der Waals surface area contributed by atoms with Crippen LogP contribution in [0.4, 0.5) is 0 Å². The van der Waals surface area contributed by atoms with Gasteiger partial charge in [-0.3, -0.25) is 4.79 Å². The number of ether oxygens (including phenoxy) is 1. The molecule has 1 aliphatic carbocycles. The molecule has 1 aromatic carbocycles. The Morgan fingerprint density at radius 1 is 1.19 bits per heavy atom. The topological polar surface area (TPSA) is 26.3 Å². The molecule has 0 amide bonds. The molecule has 16 heavy (non-hydrogen) atoms. The molecule has 0 aromatic heterocycles. The van der Waals surface area contributed by atoms with E-state index in [1.165, 1.54) is 19.3 Å². The molecule has 0 bridgehead atoms. The number of rotatable bonds is 3. The zero-order chi connectivity index (χ0) is 11.4. The molecule has 0 radical (unpaired) electrons. The molecule has 1 fully saturated rings. The maximum Gasteiger partial charge on any atom is 0.150 e. The molecule has 2 atom stereocenters. The van der Waals surface area contributed by atoms with Gasteiger partial charge in [0, 0.05) is 5.56 Å². The molecule has 1 saturated carbocycles. The monoisotopic (exact) mass is 218 g/mol. The second kappa shape index (κ2) is 5.15. The van der Waals surface area contributed by atoms with Crippen molar-refractivity contribution in [2.45, 2.75) is 38.7 Å². The third kappa shape index (κ3) is 2.63. The summed E-state index contributed by atoms with van der Waals surface area (Å²) in [6, 6.07) is 7.36. The fraction of sp³-hybridized carbons (Fsp3) is 0.500. The fourth-order valence-electron chi connectivity index (χ4n) is 2.26. The molecule has 2 heteroatoms. The van der Waals surface area contributed by atoms with Crippen LogP contribution in [0, 0.1) is 5.92 Å². The zero-order valence-corrected chi connectivity index (χ0v) is 9.69. The highest BCUT2D eigenvalue weighted by Crippen LogP contribution is 2.27. The van der Waals surface area contributed by atoms with Crippen molar-refractivity contribution in [1.82, 2.24) is 0 Å². The van der Waals surface area contributed by atoms with E-state index in [0.29, 0.717) is 17.6 Å². The van der Waals surface area contributed by atoms with Gasteiger partial charge in [-0.15, -0.1) is 0 Å². The molecule has 0 spiro atoms. The minimum Gasteiger partial charge on any atom is -0.490 e. The van der Waals surface area contributed by atoms with Crippen molar-refractivity contribution in [2.24, 2.45) is 5.92 Å². The molecule has 1 aliphatic rings. The predicted molar refractivity (Wildman–Crippen MR) is 63.9 cm³/mol. The first-order valence-electron chi connectivity index (χ1n) is 6.01. The Morgan fingerprint density at radius 3 is 2.50 bits per heavy atom. The Morgan fingerprint density at radius 2 is 1.88 bits per heavy atom. The molecule has 2 nitrogen and oxygen atoms in total. The second-order valence-electron chi connectivity index (χ2n) is 4.60. The van der Waals surface area contributed by atoms with E-state index >= 15 is 0 Å². The minimum atomic E-state index is 0.343. The Balaban J connectivity index is 1.99. The Labute approximate surface area is 96.6 Å². The van der Waals surface area contributed by atoms with E-state index in [1.54, 1.807) is 12.1 Å². The van der Waals surface area contributed by atoms with Crippen molar-refractivity contribution in [2.75, 3.05) is 0 Å². The summed E-state index contributed by atoms with van der Waals surface area (Å²) in [5.74, 6) is 1.52. The van der Waals surface area contributed by atoms with Crippen LogP contribution in [0.2, 0.25) is 0 Å². The molecule has 2 rings (SSSR count). The van der Waals surface area contributed by atoms with Crippen LogP contribution in [-0.4, -0.2) is 12.4 Å². The second-order valence-corrected chi connectivity index (χ2v) is 4.60. The maximum atomic E-state index is 10.5. The van der Waals surface area contributed by atoms with Gasteiger partial charge in [-0.25, -0.2) is 0 Å². The first-order chi connectivity index (χ1) is 7.79. The van der Waals surface area contributed by atoms with Gasteiger partial charge in [0.1, 0.15) is 18.1 Å². The Kier molecular flexibility index (Phi) is 3.60. The summed E-state index contributed by atoms with van der Waals surface area (Å²) in [6.45, 7) is 2.25. The van der Waals surface area contributed by atoms with Gasteiger partial charge >= 0.3 is 0 Å². The van der Waals surface area contributed by atoms with Gasteiger partial charge in [-0.2, -0.15) is 0 Å². The molecular formula is C14H18O2. The van der Waals surface area contributed by atoms with Crippen LogP contribution in [0.15, 0.2) is 24.3 Å². The van der Waals surface area contributed by atoms with E-state index in [1.807, 2.05) is 12.1 Å². The van der Waals surface area contributed by atoms with Gasteiger partial charge in [0.05, 0.1) is 0 Å². The number of aldehydes is 1. The summed E-state index contributed by atoms with van der Waals surface area (Å²) in [7, 11) is 0. The van der Waals surface area contributed by atoms with Crippen molar-refractivity contribution in [3.8, 4) is 5.75 Å². The number of benzene rings is 1. The third-order valence-corrected chi connectivity index (χ3v) is 3.34. The molecule has 0 saturated heterocycles. The van der Waals surface area contributed by atoms with Gasteiger partial charge in [0.25, 0.3) is 0 Å². The Hall–Kier alpha value is -1.31. The first kappa shape index (κ1) is 11.2. The number of hydrogen-bond donors (Lipinski definition) is 0. The SMILES string of the molecule is C[C@H]1CCCC[C@@H]1Oc1ccc(C=O)cc1. The molecule has 86 valence electrons. The molecular weight excluding hydrogens is 200 g/mol. The zero-order valence-electron chi connectivity index (χ0n) is 9.69. The first-order valence-corrected chi connectivity index (χ1v) is 6.01. The standard InChI is InChI=1S/C14H18O2/c1-11-4-2-3-5-14(11)16-13-8-6-12(10-15)7-9-13/h6-11,14H,2-5H2,1H3/t11-,14-/m0/s1. The average Bonchev–Trinajstić information content (AvgIpc) is 2.33. The van der Waals surface area contributed by atoms with E-state index < -0.39 is 0 Å². The normalized spacial score (nSPS) is 25.1. The lowest BCUT2D eigenvalue weighted by Gasteiger charge is -2.29. The summed E-state index contributed by atoms with van der Waals surface area (Å²) >= 11 is 0. The van der Waals surface area contributed by atoms with Crippen LogP contribution in [-0.2, 0) is 0 Å². The number of hydrogen-bond acceptors (Lipinski definition) is 2. The van der Waals surface area contributed by atoms with Crippen LogP contribution in [0.25, 0.3) is 0 Å². The highest BCUT2D eigenvalue weighted by Gasteiger charge is 2.22. The highest BCUT2D eigenvalue weighted by molar-refractivity contribution is 5.74. The van der Waals surface area contributed by atoms with Gasteiger partial charge in [0.2, 0.25) is 0 Å². The van der Waals surface area contributed by atoms with Crippen LogP contribution >= 0.6 is 0 Å². The molecule has 1 aromatic rings. The van der Waals surface area contributed by atoms with E-state index in [2.05, 4.69) is 6.92 Å². The highest BCUT2D eigenvalue weighted by atomic mass is 16.5. The van der Waals surface area contributed by atoms with Gasteiger partial charge in [-0.1, -0.05) is 13.3 Å². The van der Waals surface area contributed by atoms with Crippen molar-refractivity contribution in [3.05, 3.63) is 29.8 Å². The lowest BCUT2D eigenvalue weighted by Crippen LogP contribution is -2.28. The number of carbonyl (C=O) groups is 1. The number of carbonyl (C=O) groups excluding carboxylic acids is 1. The summed E-state index contributed by atoms with van der Waals surface area (Å²) in [6.07, 6.45) is 6.20. The van der Waals surface area contributed by atoms with Gasteiger partial charge < -0.3 is 4.74 Å². The minimum absolute atomic E-state index is 0.343. The van der Waals surface area contributed by atoms with E-state index in [4.69, 9.17) is 4.74 Å². The summed E-state index contributed by atoms with van der Waals surface area (Å²) in [5.41, 5.74) is 0.698. The summed E-state index contributed by atoms with van der Waals surface area (Å²) < 4.78 is 5.95. The molecule has 0 unspecified atom stereocenters. The predicted octanol–water partition coefficient (Wildman–Crippen LogP) is 3.46. The molecule has 0 aliphatic heterocycles. The van der Waals surface area contributed by atoms with Crippen molar-refractivity contribution < 1.29 is 9.53 Å². The summed E-state index contributed by atoms with van der Waals surface area (Å²) in [4.78, 5) is 10.5. The van der Waals surface area contributed by atoms with Crippen LogP contribution in [0.1, 0.15) is 43.0 Å². The van der Waals surface area contributed by atoms with Crippen molar-refractivity contribution in [3.63, 3.8) is 0 Å². The summed E-state index contributed by atoms with van der Waals surface area (Å²) in [5, 5.41) is 0. The van der Waals surface area contributed by atoms with Crippen LogP contribution in [0.3, 0.4) is 0 Å². The van der Waals surface area contributed by atoms with E-state index in [9.17, 15) is 4.79 Å². The maximum absolute atomic E-state index is 10.5. The van der Waals surface area contributed by atoms with E-state index in [-0.39, 0.29) is 0 Å². The largest absolute Gasteiger partial charge is 0.490 e. The smallest absolute Gasteiger partial charge is 0.150 e. The molecule has 0 heterocycles. The van der Waals surface area contributed by atoms with Crippen molar-refractivity contribution >= 4 is 6.29 Å². The van der Waals surface area contributed by atoms with Crippen LogP contribution < -0.4 is 4.74 Å². The third-order valence-electron chi connectivity index (χ3n) is 3.34. The lowest BCUT2D eigenvalue weighted by atomic mass is 9.88.